The summed E-state index contributed by atoms with van der Waals surface area (Å²) in [4.78, 5) is 1.58. The highest BCUT2D eigenvalue weighted by Crippen LogP contribution is 2.29. The molecule has 1 aliphatic rings. The van der Waals surface area contributed by atoms with Crippen LogP contribution in [0.2, 0.25) is 0 Å². The first-order valence-corrected chi connectivity index (χ1v) is 6.18. The number of thiophene rings is 1. The number of hydrogen-bond acceptors (Lipinski definition) is 3. The standard InChI is InChI=1S/C11H18N2S/c1-3-9-7-10-8(4-5-13-9)6-11(12-2)14-10/h6,9,12-13H,3-5,7H2,1-2H3. The van der Waals surface area contributed by atoms with Crippen LogP contribution in [-0.2, 0) is 12.8 Å². The zero-order chi connectivity index (χ0) is 9.97. The molecule has 1 unspecified atom stereocenters. The second-order valence-corrected chi connectivity index (χ2v) is 4.96. The molecule has 0 saturated heterocycles. The lowest BCUT2D eigenvalue weighted by atomic mass is 10.1. The predicted octanol–water partition coefficient (Wildman–Crippen LogP) is 2.26. The van der Waals surface area contributed by atoms with Crippen molar-refractivity contribution in [3.05, 3.63) is 16.5 Å². The molecule has 0 amide bonds. The van der Waals surface area contributed by atoms with Gasteiger partial charge in [-0.15, -0.1) is 11.3 Å². The molecule has 0 saturated carbocycles. The minimum absolute atomic E-state index is 0.680. The molecule has 14 heavy (non-hydrogen) atoms. The van der Waals surface area contributed by atoms with Crippen LogP contribution in [0.5, 0.6) is 0 Å². The van der Waals surface area contributed by atoms with E-state index in [0.717, 1.165) is 6.54 Å². The van der Waals surface area contributed by atoms with E-state index in [9.17, 15) is 0 Å². The molecule has 2 N–H and O–H groups in total. The third kappa shape index (κ3) is 1.93. The van der Waals surface area contributed by atoms with Gasteiger partial charge in [0.1, 0.15) is 0 Å². The quantitative estimate of drug-likeness (QED) is 0.782. The normalized spacial score (nSPS) is 21.4. The summed E-state index contributed by atoms with van der Waals surface area (Å²) in [6, 6.07) is 2.99. The van der Waals surface area contributed by atoms with E-state index in [0.29, 0.717) is 6.04 Å². The van der Waals surface area contributed by atoms with Gasteiger partial charge in [0.2, 0.25) is 0 Å². The zero-order valence-corrected chi connectivity index (χ0v) is 9.71. The highest BCUT2D eigenvalue weighted by molar-refractivity contribution is 7.16. The van der Waals surface area contributed by atoms with Gasteiger partial charge in [0.15, 0.2) is 0 Å². The fourth-order valence-corrected chi connectivity index (χ4v) is 3.11. The van der Waals surface area contributed by atoms with Crippen molar-refractivity contribution >= 4 is 16.3 Å². The molecule has 1 aromatic rings. The molecule has 1 aliphatic heterocycles. The summed E-state index contributed by atoms with van der Waals surface area (Å²) >= 11 is 1.92. The van der Waals surface area contributed by atoms with Gasteiger partial charge in [0.05, 0.1) is 5.00 Å². The molecule has 2 rings (SSSR count). The predicted molar refractivity (Wildman–Crippen MR) is 63.4 cm³/mol. The molecule has 2 heterocycles. The molecule has 0 spiro atoms. The summed E-state index contributed by atoms with van der Waals surface area (Å²) in [5.41, 5.74) is 1.54. The smallest absolute Gasteiger partial charge is 0.0885 e. The lowest BCUT2D eigenvalue weighted by molar-refractivity contribution is 0.515. The van der Waals surface area contributed by atoms with Gasteiger partial charge >= 0.3 is 0 Å². The number of nitrogens with one attached hydrogen (secondary N) is 2. The monoisotopic (exact) mass is 210 g/mol. The lowest BCUT2D eigenvalue weighted by Gasteiger charge is -2.12. The van der Waals surface area contributed by atoms with Gasteiger partial charge in [0.25, 0.3) is 0 Å². The van der Waals surface area contributed by atoms with Crippen LogP contribution in [0.25, 0.3) is 0 Å². The summed E-state index contributed by atoms with van der Waals surface area (Å²) in [5, 5.41) is 8.14. The first kappa shape index (κ1) is 9.99. The van der Waals surface area contributed by atoms with E-state index in [1.54, 1.807) is 10.4 Å². The fourth-order valence-electron chi connectivity index (χ4n) is 1.97. The van der Waals surface area contributed by atoms with Crippen LogP contribution < -0.4 is 10.6 Å². The third-order valence-electron chi connectivity index (χ3n) is 2.89. The van der Waals surface area contributed by atoms with Gasteiger partial charge < -0.3 is 10.6 Å². The number of hydrogen-bond donors (Lipinski definition) is 2. The number of rotatable bonds is 2. The molecule has 3 heteroatoms. The Morgan fingerprint density at radius 2 is 2.50 bits per heavy atom. The van der Waals surface area contributed by atoms with E-state index in [1.807, 2.05) is 18.4 Å². The van der Waals surface area contributed by atoms with Crippen molar-refractivity contribution in [2.75, 3.05) is 18.9 Å². The Bertz CT molecular complexity index is 306. The van der Waals surface area contributed by atoms with Crippen molar-refractivity contribution in [2.24, 2.45) is 0 Å². The van der Waals surface area contributed by atoms with Gasteiger partial charge in [-0.1, -0.05) is 6.92 Å². The molecular weight excluding hydrogens is 192 g/mol. The van der Waals surface area contributed by atoms with E-state index in [-0.39, 0.29) is 0 Å². The molecule has 2 nitrogen and oxygen atoms in total. The van der Waals surface area contributed by atoms with Crippen LogP contribution in [0.1, 0.15) is 23.8 Å². The van der Waals surface area contributed by atoms with E-state index in [4.69, 9.17) is 0 Å². The van der Waals surface area contributed by atoms with Crippen LogP contribution in [0, 0.1) is 0 Å². The van der Waals surface area contributed by atoms with Gasteiger partial charge in [-0.2, -0.15) is 0 Å². The number of fused-ring (bicyclic) bond motifs is 1. The summed E-state index contributed by atoms with van der Waals surface area (Å²) in [5.74, 6) is 0. The molecular formula is C11H18N2S. The Morgan fingerprint density at radius 1 is 1.64 bits per heavy atom. The van der Waals surface area contributed by atoms with Crippen molar-refractivity contribution in [2.45, 2.75) is 32.2 Å². The van der Waals surface area contributed by atoms with Crippen LogP contribution in [0.15, 0.2) is 6.07 Å². The van der Waals surface area contributed by atoms with Crippen molar-refractivity contribution in [3.8, 4) is 0 Å². The minimum Gasteiger partial charge on any atom is -0.380 e. The maximum atomic E-state index is 3.59. The highest BCUT2D eigenvalue weighted by Gasteiger charge is 2.16. The Balaban J connectivity index is 2.20. The van der Waals surface area contributed by atoms with E-state index < -0.39 is 0 Å². The minimum atomic E-state index is 0.680. The van der Waals surface area contributed by atoms with E-state index in [2.05, 4.69) is 23.6 Å². The topological polar surface area (TPSA) is 24.1 Å². The van der Waals surface area contributed by atoms with Gasteiger partial charge in [0, 0.05) is 18.0 Å². The lowest BCUT2D eigenvalue weighted by Crippen LogP contribution is -2.29. The maximum Gasteiger partial charge on any atom is 0.0885 e. The Hall–Kier alpha value is -0.540. The van der Waals surface area contributed by atoms with Crippen LogP contribution >= 0.6 is 11.3 Å². The summed E-state index contributed by atoms with van der Waals surface area (Å²) in [6.07, 6.45) is 3.62. The molecule has 1 atom stereocenters. The maximum absolute atomic E-state index is 3.59. The Morgan fingerprint density at radius 3 is 3.21 bits per heavy atom. The van der Waals surface area contributed by atoms with Gasteiger partial charge in [-0.25, -0.2) is 0 Å². The van der Waals surface area contributed by atoms with Crippen molar-refractivity contribution in [1.29, 1.82) is 0 Å². The van der Waals surface area contributed by atoms with Crippen LogP contribution in [0.4, 0.5) is 5.00 Å². The van der Waals surface area contributed by atoms with Gasteiger partial charge in [-0.05, 0) is 37.4 Å². The number of anilines is 1. The molecule has 0 radical (unpaired) electrons. The molecule has 1 aromatic heterocycles. The first-order chi connectivity index (χ1) is 6.83. The fraction of sp³-hybridized carbons (Fsp3) is 0.636. The van der Waals surface area contributed by atoms with Crippen molar-refractivity contribution < 1.29 is 0 Å². The molecule has 0 aromatic carbocycles. The zero-order valence-electron chi connectivity index (χ0n) is 8.89. The van der Waals surface area contributed by atoms with Gasteiger partial charge in [-0.3, -0.25) is 0 Å². The summed E-state index contributed by atoms with van der Waals surface area (Å²) < 4.78 is 0. The Labute approximate surface area is 89.7 Å². The van der Waals surface area contributed by atoms with Crippen molar-refractivity contribution in [1.82, 2.24) is 5.32 Å². The molecule has 0 aliphatic carbocycles. The average molecular weight is 210 g/mol. The SMILES string of the molecule is CCC1Cc2sc(NC)cc2CCN1. The molecule has 78 valence electrons. The highest BCUT2D eigenvalue weighted by atomic mass is 32.1. The summed E-state index contributed by atoms with van der Waals surface area (Å²) in [6.45, 7) is 3.39. The first-order valence-electron chi connectivity index (χ1n) is 5.36. The van der Waals surface area contributed by atoms with Crippen LogP contribution in [0.3, 0.4) is 0 Å². The van der Waals surface area contributed by atoms with E-state index in [1.165, 1.54) is 24.3 Å². The second kappa shape index (κ2) is 4.32. The largest absolute Gasteiger partial charge is 0.380 e. The molecule has 0 fully saturated rings. The average Bonchev–Trinajstić information content (AvgIpc) is 2.50. The summed E-state index contributed by atoms with van der Waals surface area (Å²) in [7, 11) is 2.00. The van der Waals surface area contributed by atoms with Crippen molar-refractivity contribution in [3.63, 3.8) is 0 Å². The van der Waals surface area contributed by atoms with E-state index >= 15 is 0 Å². The Kier molecular flexibility index (Phi) is 3.08. The van der Waals surface area contributed by atoms with Crippen LogP contribution in [-0.4, -0.2) is 19.6 Å². The second-order valence-electron chi connectivity index (χ2n) is 3.82. The molecule has 0 bridgehead atoms. The third-order valence-corrected chi connectivity index (χ3v) is 4.11.